The van der Waals surface area contributed by atoms with E-state index in [-0.39, 0.29) is 42.2 Å². The number of aliphatic imine (C=N–C) groups is 1. The predicted octanol–water partition coefficient (Wildman–Crippen LogP) is 3.47. The van der Waals surface area contributed by atoms with Crippen LogP contribution in [0.2, 0.25) is 0 Å². The molecule has 6 nitrogen and oxygen atoms in total. The summed E-state index contributed by atoms with van der Waals surface area (Å²) in [5.41, 5.74) is 0.863. The first-order valence-corrected chi connectivity index (χ1v) is 9.39. The highest BCUT2D eigenvalue weighted by Crippen LogP contribution is 2.31. The minimum atomic E-state index is -4.40. The van der Waals surface area contributed by atoms with Crippen molar-refractivity contribution in [1.82, 2.24) is 16.0 Å². The molecule has 2 aromatic carbocycles. The third kappa shape index (κ3) is 9.03. The van der Waals surface area contributed by atoms with Gasteiger partial charge in [-0.1, -0.05) is 18.2 Å². The maximum absolute atomic E-state index is 12.7. The summed E-state index contributed by atoms with van der Waals surface area (Å²) < 4.78 is 43.5. The Labute approximate surface area is 196 Å². The maximum atomic E-state index is 12.7. The maximum Gasteiger partial charge on any atom is 0.416 e. The zero-order valence-corrected chi connectivity index (χ0v) is 19.6. The van der Waals surface area contributed by atoms with Crippen LogP contribution in [0, 0.1) is 0 Å². The van der Waals surface area contributed by atoms with Crippen LogP contribution in [0.4, 0.5) is 13.2 Å². The van der Waals surface area contributed by atoms with Crippen LogP contribution >= 0.6 is 24.0 Å². The molecule has 0 bridgehead atoms. The molecule has 1 amide bonds. The lowest BCUT2D eigenvalue weighted by atomic mass is 10.1. The average molecular weight is 550 g/mol. The summed E-state index contributed by atoms with van der Waals surface area (Å²) in [6, 6.07) is 12.1. The molecule has 0 atom stereocenters. The van der Waals surface area contributed by atoms with E-state index in [4.69, 9.17) is 4.74 Å². The molecule has 0 spiro atoms. The first-order valence-electron chi connectivity index (χ1n) is 9.39. The molecule has 0 heterocycles. The molecule has 0 saturated heterocycles. The van der Waals surface area contributed by atoms with Crippen molar-refractivity contribution in [1.29, 1.82) is 0 Å². The number of halogens is 4. The summed E-state index contributed by atoms with van der Waals surface area (Å²) in [5, 5.41) is 8.77. The minimum Gasteiger partial charge on any atom is -0.492 e. The lowest BCUT2D eigenvalue weighted by Crippen LogP contribution is -2.40. The van der Waals surface area contributed by atoms with Crippen molar-refractivity contribution in [2.24, 2.45) is 4.99 Å². The molecule has 2 aromatic rings. The largest absolute Gasteiger partial charge is 0.492 e. The molecule has 0 saturated carbocycles. The molecular weight excluding hydrogens is 524 g/mol. The van der Waals surface area contributed by atoms with E-state index in [0.29, 0.717) is 31.0 Å². The Morgan fingerprint density at radius 3 is 2.45 bits per heavy atom. The van der Waals surface area contributed by atoms with E-state index in [1.165, 1.54) is 12.1 Å². The molecule has 2 rings (SSSR count). The molecule has 0 fully saturated rings. The van der Waals surface area contributed by atoms with Crippen molar-refractivity contribution in [3.63, 3.8) is 0 Å². The van der Waals surface area contributed by atoms with Crippen LogP contribution in [-0.4, -0.2) is 45.7 Å². The van der Waals surface area contributed by atoms with Crippen LogP contribution in [0.25, 0.3) is 0 Å². The van der Waals surface area contributed by atoms with Crippen LogP contribution < -0.4 is 20.7 Å². The summed E-state index contributed by atoms with van der Waals surface area (Å²) in [6.07, 6.45) is -3.71. The Morgan fingerprint density at radius 2 is 1.77 bits per heavy atom. The van der Waals surface area contributed by atoms with Gasteiger partial charge in [-0.2, -0.15) is 13.2 Å². The van der Waals surface area contributed by atoms with Gasteiger partial charge in [0.05, 0.1) is 12.1 Å². The van der Waals surface area contributed by atoms with E-state index in [2.05, 4.69) is 20.9 Å². The zero-order chi connectivity index (χ0) is 22.0. The zero-order valence-electron chi connectivity index (χ0n) is 17.3. The van der Waals surface area contributed by atoms with Crippen molar-refractivity contribution >= 4 is 35.8 Å². The number of hydrogen-bond donors (Lipinski definition) is 3. The predicted molar refractivity (Wildman–Crippen MR) is 125 cm³/mol. The van der Waals surface area contributed by atoms with Crippen LogP contribution in [-0.2, 0) is 12.6 Å². The van der Waals surface area contributed by atoms with Gasteiger partial charge in [0.2, 0.25) is 0 Å². The first-order chi connectivity index (χ1) is 14.3. The van der Waals surface area contributed by atoms with Crippen molar-refractivity contribution in [2.45, 2.75) is 12.6 Å². The molecule has 0 unspecified atom stereocenters. The average Bonchev–Trinajstić information content (AvgIpc) is 2.74. The number of alkyl halides is 3. The second kappa shape index (κ2) is 13.0. The number of benzene rings is 2. The van der Waals surface area contributed by atoms with Gasteiger partial charge in [-0.3, -0.25) is 9.79 Å². The monoisotopic (exact) mass is 550 g/mol. The number of carbonyl (C=O) groups is 1. The molecule has 0 aliphatic heterocycles. The number of nitrogens with zero attached hydrogens (tertiary/aromatic N) is 1. The Bertz CT molecular complexity index is 876. The quantitative estimate of drug-likeness (QED) is 0.204. The van der Waals surface area contributed by atoms with Crippen LogP contribution in [0.15, 0.2) is 53.5 Å². The Morgan fingerprint density at radius 1 is 1.06 bits per heavy atom. The van der Waals surface area contributed by atoms with E-state index in [1.807, 2.05) is 18.2 Å². The summed E-state index contributed by atoms with van der Waals surface area (Å²) >= 11 is 0. The Balaban J connectivity index is 0.00000480. The Kier molecular flexibility index (Phi) is 11.2. The van der Waals surface area contributed by atoms with Gasteiger partial charge >= 0.3 is 6.18 Å². The van der Waals surface area contributed by atoms with E-state index in [9.17, 15) is 18.0 Å². The first kappa shape index (κ1) is 26.5. The highest BCUT2D eigenvalue weighted by molar-refractivity contribution is 14.0. The standard InChI is InChI=1S/C21H25F3N4O2.HI/c1-25-19(29)16-6-3-5-15(13-16)9-10-27-20(26-2)28-11-12-30-18-8-4-7-17(14-18)21(22,23)24;/h3-8,13-14H,9-12H2,1-2H3,(H,25,29)(H2,26,27,28);1H. The molecular formula is C21H26F3IN4O2. The van der Waals surface area contributed by atoms with Gasteiger partial charge in [-0.15, -0.1) is 24.0 Å². The van der Waals surface area contributed by atoms with Gasteiger partial charge in [0.15, 0.2) is 5.96 Å². The van der Waals surface area contributed by atoms with Crippen molar-refractivity contribution in [3.05, 3.63) is 65.2 Å². The van der Waals surface area contributed by atoms with Crippen LogP contribution in [0.5, 0.6) is 5.75 Å². The number of carbonyl (C=O) groups excluding carboxylic acids is 1. The van der Waals surface area contributed by atoms with Gasteiger partial charge in [0, 0.05) is 26.2 Å². The molecule has 0 aliphatic rings. The van der Waals surface area contributed by atoms with Crippen LogP contribution in [0.1, 0.15) is 21.5 Å². The second-order valence-corrected chi connectivity index (χ2v) is 6.33. The third-order valence-electron chi connectivity index (χ3n) is 4.17. The van der Waals surface area contributed by atoms with E-state index in [1.54, 1.807) is 20.2 Å². The smallest absolute Gasteiger partial charge is 0.416 e. The van der Waals surface area contributed by atoms with E-state index in [0.717, 1.165) is 17.7 Å². The van der Waals surface area contributed by atoms with E-state index < -0.39 is 11.7 Å². The van der Waals surface area contributed by atoms with Gasteiger partial charge in [-0.25, -0.2) is 0 Å². The summed E-state index contributed by atoms with van der Waals surface area (Å²) in [4.78, 5) is 15.8. The molecule has 170 valence electrons. The highest BCUT2D eigenvalue weighted by atomic mass is 127. The molecule has 3 N–H and O–H groups in total. The number of guanidine groups is 1. The van der Waals surface area contributed by atoms with Crippen LogP contribution in [0.3, 0.4) is 0 Å². The topological polar surface area (TPSA) is 74.8 Å². The fourth-order valence-corrected chi connectivity index (χ4v) is 2.66. The lowest BCUT2D eigenvalue weighted by Gasteiger charge is -2.13. The normalized spacial score (nSPS) is 11.3. The number of nitrogens with one attached hydrogen (secondary N) is 3. The van der Waals surface area contributed by atoms with Gasteiger partial charge in [-0.05, 0) is 42.3 Å². The molecule has 31 heavy (non-hydrogen) atoms. The summed E-state index contributed by atoms with van der Waals surface area (Å²) in [5.74, 6) is 0.568. The minimum absolute atomic E-state index is 0. The third-order valence-corrected chi connectivity index (χ3v) is 4.17. The molecule has 0 aliphatic carbocycles. The van der Waals surface area contributed by atoms with Crippen molar-refractivity contribution < 1.29 is 22.7 Å². The Hall–Kier alpha value is -2.50. The van der Waals surface area contributed by atoms with E-state index >= 15 is 0 Å². The molecule has 10 heteroatoms. The summed E-state index contributed by atoms with van der Waals surface area (Å²) in [7, 11) is 3.21. The number of rotatable bonds is 8. The van der Waals surface area contributed by atoms with Crippen molar-refractivity contribution in [2.75, 3.05) is 33.8 Å². The number of ether oxygens (including phenoxy) is 1. The van der Waals surface area contributed by atoms with Gasteiger partial charge < -0.3 is 20.7 Å². The summed E-state index contributed by atoms with van der Waals surface area (Å²) in [6.45, 7) is 1.13. The molecule has 0 radical (unpaired) electrons. The fraction of sp³-hybridized carbons (Fsp3) is 0.333. The number of amides is 1. The second-order valence-electron chi connectivity index (χ2n) is 6.33. The fourth-order valence-electron chi connectivity index (χ4n) is 2.66. The van der Waals surface area contributed by atoms with Gasteiger partial charge in [0.1, 0.15) is 12.4 Å². The molecule has 0 aromatic heterocycles. The SMILES string of the molecule is CN=C(NCCOc1cccc(C(F)(F)F)c1)NCCc1cccc(C(=O)NC)c1.I. The van der Waals surface area contributed by atoms with Crippen molar-refractivity contribution in [3.8, 4) is 5.75 Å². The van der Waals surface area contributed by atoms with Gasteiger partial charge in [0.25, 0.3) is 5.91 Å². The highest BCUT2D eigenvalue weighted by Gasteiger charge is 2.30. The lowest BCUT2D eigenvalue weighted by molar-refractivity contribution is -0.137. The number of hydrogen-bond acceptors (Lipinski definition) is 3.